The van der Waals surface area contributed by atoms with E-state index in [1.807, 2.05) is 18.2 Å². The van der Waals surface area contributed by atoms with Crippen LogP contribution < -0.4 is 5.32 Å². The number of amides is 2. The molecule has 0 radical (unpaired) electrons. The van der Waals surface area contributed by atoms with E-state index >= 15 is 0 Å². The van der Waals surface area contributed by atoms with Crippen LogP contribution in [0.1, 0.15) is 34.8 Å². The second kappa shape index (κ2) is 9.78. The lowest BCUT2D eigenvalue weighted by atomic mass is 10.0. The number of benzene rings is 2. The molecule has 154 valence electrons. The van der Waals surface area contributed by atoms with Gasteiger partial charge in [0.05, 0.1) is 0 Å². The van der Waals surface area contributed by atoms with Crippen LogP contribution in [-0.2, 0) is 17.9 Å². The number of nitrogens with one attached hydrogen (secondary N) is 1. The molecular formula is C24H24FN3O2. The van der Waals surface area contributed by atoms with Gasteiger partial charge >= 0.3 is 0 Å². The zero-order valence-electron chi connectivity index (χ0n) is 17.1. The van der Waals surface area contributed by atoms with E-state index in [0.29, 0.717) is 29.7 Å². The molecule has 3 rings (SSSR count). The molecule has 0 aliphatic heterocycles. The summed E-state index contributed by atoms with van der Waals surface area (Å²) in [5.41, 5.74) is 3.43. The molecule has 0 saturated carbocycles. The maximum Gasteiger partial charge on any atom is 0.251 e. The molecule has 0 bridgehead atoms. The van der Waals surface area contributed by atoms with E-state index in [0.717, 1.165) is 11.1 Å². The molecule has 1 heterocycles. The van der Waals surface area contributed by atoms with Crippen molar-refractivity contribution < 1.29 is 14.0 Å². The molecule has 0 spiro atoms. The van der Waals surface area contributed by atoms with E-state index in [2.05, 4.69) is 10.3 Å². The average molecular weight is 405 g/mol. The highest BCUT2D eigenvalue weighted by Crippen LogP contribution is 2.23. The Balaban J connectivity index is 1.66. The summed E-state index contributed by atoms with van der Waals surface area (Å²) < 4.78 is 14.5. The molecule has 0 fully saturated rings. The van der Waals surface area contributed by atoms with Crippen molar-refractivity contribution in [2.45, 2.75) is 26.4 Å². The first-order valence-electron chi connectivity index (χ1n) is 9.78. The SMILES string of the molecule is CCC(=O)N(C)Cc1ccc(-c2ccc(C(=O)NCc3cccnc3)cc2)cc1F. The minimum absolute atomic E-state index is 0.0316. The molecule has 2 amide bonds. The fourth-order valence-electron chi connectivity index (χ4n) is 3.07. The van der Waals surface area contributed by atoms with Gasteiger partial charge in [-0.05, 0) is 41.0 Å². The Kier molecular flexibility index (Phi) is 6.91. The minimum atomic E-state index is -0.360. The van der Waals surface area contributed by atoms with Crippen LogP contribution in [0.25, 0.3) is 11.1 Å². The fourth-order valence-corrected chi connectivity index (χ4v) is 3.07. The fraction of sp³-hybridized carbons (Fsp3) is 0.208. The summed E-state index contributed by atoms with van der Waals surface area (Å²) in [5, 5.41) is 2.85. The third-order valence-corrected chi connectivity index (χ3v) is 4.85. The first-order chi connectivity index (χ1) is 14.5. The number of carbonyl (C=O) groups excluding carboxylic acids is 2. The van der Waals surface area contributed by atoms with Crippen LogP contribution in [0.15, 0.2) is 67.0 Å². The summed E-state index contributed by atoms with van der Waals surface area (Å²) in [6, 6.07) is 15.7. The van der Waals surface area contributed by atoms with Gasteiger partial charge in [0.2, 0.25) is 5.91 Å². The van der Waals surface area contributed by atoms with Crippen LogP contribution >= 0.6 is 0 Å². The van der Waals surface area contributed by atoms with Gasteiger partial charge in [-0.15, -0.1) is 0 Å². The van der Waals surface area contributed by atoms with Gasteiger partial charge in [-0.2, -0.15) is 0 Å². The van der Waals surface area contributed by atoms with Gasteiger partial charge in [0.25, 0.3) is 5.91 Å². The van der Waals surface area contributed by atoms with Crippen LogP contribution in [0.2, 0.25) is 0 Å². The van der Waals surface area contributed by atoms with Gasteiger partial charge in [-0.3, -0.25) is 14.6 Å². The minimum Gasteiger partial charge on any atom is -0.348 e. The maximum atomic E-state index is 14.5. The van der Waals surface area contributed by atoms with Crippen molar-refractivity contribution in [2.24, 2.45) is 0 Å². The summed E-state index contributed by atoms with van der Waals surface area (Å²) in [7, 11) is 1.66. The Bertz CT molecular complexity index is 1020. The van der Waals surface area contributed by atoms with Gasteiger partial charge < -0.3 is 10.2 Å². The number of rotatable bonds is 7. The number of aromatic nitrogens is 1. The van der Waals surface area contributed by atoms with E-state index in [1.165, 1.54) is 11.0 Å². The van der Waals surface area contributed by atoms with Crippen LogP contribution in [-0.4, -0.2) is 28.7 Å². The molecule has 30 heavy (non-hydrogen) atoms. The molecule has 1 N–H and O–H groups in total. The van der Waals surface area contributed by atoms with Crippen LogP contribution in [0.5, 0.6) is 0 Å². The highest BCUT2D eigenvalue weighted by molar-refractivity contribution is 5.94. The largest absolute Gasteiger partial charge is 0.348 e. The Morgan fingerprint density at radius 3 is 2.43 bits per heavy atom. The number of hydrogen-bond acceptors (Lipinski definition) is 3. The molecule has 5 nitrogen and oxygen atoms in total. The Labute approximate surface area is 175 Å². The predicted octanol–water partition coefficient (Wildman–Crippen LogP) is 4.19. The lowest BCUT2D eigenvalue weighted by Gasteiger charge is -2.17. The summed E-state index contributed by atoms with van der Waals surface area (Å²) in [5.74, 6) is -0.576. The van der Waals surface area contributed by atoms with Gasteiger partial charge in [-0.25, -0.2) is 4.39 Å². The van der Waals surface area contributed by atoms with Crippen molar-refractivity contribution in [1.82, 2.24) is 15.2 Å². The number of nitrogens with zero attached hydrogens (tertiary/aromatic N) is 2. The van der Waals surface area contributed by atoms with E-state index in [4.69, 9.17) is 0 Å². The predicted molar refractivity (Wildman–Crippen MR) is 114 cm³/mol. The summed E-state index contributed by atoms with van der Waals surface area (Å²) in [6.07, 6.45) is 3.78. The van der Waals surface area contributed by atoms with E-state index in [1.54, 1.807) is 56.7 Å². The van der Waals surface area contributed by atoms with Gasteiger partial charge in [0.1, 0.15) is 5.82 Å². The van der Waals surface area contributed by atoms with E-state index < -0.39 is 0 Å². The monoisotopic (exact) mass is 405 g/mol. The van der Waals surface area contributed by atoms with Crippen molar-refractivity contribution in [3.63, 3.8) is 0 Å². The summed E-state index contributed by atoms with van der Waals surface area (Å²) in [4.78, 5) is 29.6. The summed E-state index contributed by atoms with van der Waals surface area (Å²) >= 11 is 0. The second-order valence-electron chi connectivity index (χ2n) is 7.03. The van der Waals surface area contributed by atoms with E-state index in [-0.39, 0.29) is 24.2 Å². The number of halogens is 1. The van der Waals surface area contributed by atoms with Crippen molar-refractivity contribution in [3.05, 3.63) is 89.5 Å². The third-order valence-electron chi connectivity index (χ3n) is 4.85. The molecule has 3 aromatic rings. The van der Waals surface area contributed by atoms with Gasteiger partial charge in [0, 0.05) is 50.1 Å². The Morgan fingerprint density at radius 2 is 1.80 bits per heavy atom. The third kappa shape index (κ3) is 5.29. The van der Waals surface area contributed by atoms with Crippen molar-refractivity contribution in [3.8, 4) is 11.1 Å². The molecule has 0 saturated heterocycles. The number of pyridine rings is 1. The standard InChI is InChI=1S/C24H24FN3O2/c1-3-23(29)28(2)16-21-11-10-20(13-22(21)25)18-6-8-19(9-7-18)24(30)27-15-17-5-4-12-26-14-17/h4-14H,3,15-16H2,1-2H3,(H,27,30). The number of carbonyl (C=O) groups is 2. The van der Waals surface area contributed by atoms with E-state index in [9.17, 15) is 14.0 Å². The van der Waals surface area contributed by atoms with Gasteiger partial charge in [-0.1, -0.05) is 37.3 Å². The molecule has 0 atom stereocenters. The highest BCUT2D eigenvalue weighted by Gasteiger charge is 2.12. The van der Waals surface area contributed by atoms with Crippen LogP contribution in [0, 0.1) is 5.82 Å². The molecule has 2 aromatic carbocycles. The van der Waals surface area contributed by atoms with Crippen molar-refractivity contribution in [2.75, 3.05) is 7.05 Å². The second-order valence-corrected chi connectivity index (χ2v) is 7.03. The quantitative estimate of drug-likeness (QED) is 0.641. The zero-order chi connectivity index (χ0) is 21.5. The zero-order valence-corrected chi connectivity index (χ0v) is 17.1. The smallest absolute Gasteiger partial charge is 0.251 e. The lowest BCUT2D eigenvalue weighted by Crippen LogP contribution is -2.25. The van der Waals surface area contributed by atoms with Crippen LogP contribution in [0.4, 0.5) is 4.39 Å². The molecule has 1 aromatic heterocycles. The van der Waals surface area contributed by atoms with Gasteiger partial charge in [0.15, 0.2) is 0 Å². The average Bonchev–Trinajstić information content (AvgIpc) is 2.79. The Hall–Kier alpha value is -3.54. The normalized spacial score (nSPS) is 10.5. The highest BCUT2D eigenvalue weighted by atomic mass is 19.1. The van der Waals surface area contributed by atoms with Crippen molar-refractivity contribution in [1.29, 1.82) is 0 Å². The maximum absolute atomic E-state index is 14.5. The summed E-state index contributed by atoms with van der Waals surface area (Å²) in [6.45, 7) is 2.41. The Morgan fingerprint density at radius 1 is 1.07 bits per heavy atom. The number of hydrogen-bond donors (Lipinski definition) is 1. The lowest BCUT2D eigenvalue weighted by molar-refractivity contribution is -0.130. The molecular weight excluding hydrogens is 381 g/mol. The van der Waals surface area contributed by atoms with Crippen molar-refractivity contribution >= 4 is 11.8 Å². The molecule has 6 heteroatoms. The molecule has 0 aliphatic rings. The van der Waals surface area contributed by atoms with Crippen LogP contribution in [0.3, 0.4) is 0 Å². The first kappa shape index (κ1) is 21.2. The topological polar surface area (TPSA) is 62.3 Å². The molecule has 0 unspecified atom stereocenters. The molecule has 0 aliphatic carbocycles. The first-order valence-corrected chi connectivity index (χ1v) is 9.78.